The smallest absolute Gasteiger partial charge is 0.335 e. The molecule has 46 nitrogen and oxygen atoms in total. The molecule has 0 aromatic rings. The zero-order chi connectivity index (χ0) is 101. The summed E-state index contributed by atoms with van der Waals surface area (Å²) in [6, 6.07) is 0. The molecule has 8 saturated heterocycles. The minimum absolute atomic E-state index is 0.0118. The van der Waals surface area contributed by atoms with E-state index in [4.69, 9.17) is 85.3 Å². The van der Waals surface area contributed by atoms with Crippen LogP contribution in [0.5, 0.6) is 0 Å². The first-order chi connectivity index (χ1) is 64.7. The number of hydrogen-bond acceptors (Lipinski definition) is 45. The molecule has 18 unspecified atom stereocenters. The van der Waals surface area contributed by atoms with Crippen molar-refractivity contribution in [3.05, 3.63) is 11.6 Å². The van der Waals surface area contributed by atoms with Gasteiger partial charge in [0.05, 0.1) is 94.0 Å². The summed E-state index contributed by atoms with van der Waals surface area (Å²) in [4.78, 5) is 72.1. The zero-order valence-corrected chi connectivity index (χ0v) is 79.7. The number of aliphatic hydroxyl groups excluding tert-OH is 21. The molecular weight excluding hydrogens is 1840 g/mol. The molecule has 0 spiro atoms. The van der Waals surface area contributed by atoms with Crippen molar-refractivity contribution >= 4 is 30.2 Å². The van der Waals surface area contributed by atoms with Crippen molar-refractivity contribution in [2.45, 2.75) is 431 Å². The van der Waals surface area contributed by atoms with Crippen molar-refractivity contribution in [2.75, 3.05) is 39.6 Å². The minimum atomic E-state index is -2.27. The maximum atomic E-state index is 16.4. The van der Waals surface area contributed by atoms with Crippen LogP contribution >= 0.6 is 0 Å². The average Bonchev–Trinajstić information content (AvgIpc) is 0.721. The highest BCUT2D eigenvalue weighted by Gasteiger charge is 2.74. The lowest BCUT2D eigenvalue weighted by atomic mass is 9.33. The van der Waals surface area contributed by atoms with E-state index in [1.165, 1.54) is 13.8 Å². The van der Waals surface area contributed by atoms with E-state index in [2.05, 4.69) is 26.8 Å². The third-order valence-electron chi connectivity index (χ3n) is 33.2. The molecule has 138 heavy (non-hydrogen) atoms. The molecular formula is C92H148O46. The van der Waals surface area contributed by atoms with Gasteiger partial charge in [0.15, 0.2) is 56.1 Å². The molecule has 12 fully saturated rings. The summed E-state index contributed by atoms with van der Waals surface area (Å²) in [6.45, 7) is 18.0. The number of carboxylic acid groups (broad SMARTS) is 1. The topological polar surface area (TPSA) is 717 Å². The molecule has 13 rings (SSSR count). The van der Waals surface area contributed by atoms with Crippen molar-refractivity contribution in [1.29, 1.82) is 0 Å². The molecule has 46 heteroatoms. The van der Waals surface area contributed by atoms with Crippen LogP contribution in [0.1, 0.15) is 179 Å². The Kier molecular flexibility index (Phi) is 35.5. The number of allylic oxidation sites excluding steroid dienone is 2. The Labute approximate surface area is 797 Å². The van der Waals surface area contributed by atoms with Gasteiger partial charge in [-0.05, 0) is 123 Å². The van der Waals surface area contributed by atoms with E-state index in [0.29, 0.717) is 51.4 Å². The van der Waals surface area contributed by atoms with Gasteiger partial charge in [-0.25, -0.2) is 4.79 Å². The number of hydrogen-bond donors (Lipinski definition) is 23. The fraction of sp³-hybridized carbons (Fsp3) is 0.924. The Balaban J connectivity index is 0.749. The summed E-state index contributed by atoms with van der Waals surface area (Å²) in [5.74, 6) is -9.59. The Morgan fingerprint density at radius 3 is 1.64 bits per heavy atom. The van der Waals surface area contributed by atoms with Crippen LogP contribution in [0.2, 0.25) is 0 Å². The number of esters is 3. The molecule has 0 amide bonds. The van der Waals surface area contributed by atoms with E-state index in [0.717, 1.165) is 11.9 Å². The number of aliphatic hydroxyl groups is 22. The van der Waals surface area contributed by atoms with Gasteiger partial charge < -0.3 is 208 Å². The van der Waals surface area contributed by atoms with E-state index in [9.17, 15) is 137 Å². The molecule has 0 aromatic heterocycles. The molecule has 4 saturated carbocycles. The van der Waals surface area contributed by atoms with Crippen molar-refractivity contribution < 1.29 is 227 Å². The highest BCUT2D eigenvalue weighted by atomic mass is 16.8. The van der Waals surface area contributed by atoms with Crippen molar-refractivity contribution in [3.8, 4) is 0 Å². The van der Waals surface area contributed by atoms with Gasteiger partial charge in [-0.15, -0.1) is 0 Å². The predicted molar refractivity (Wildman–Crippen MR) is 458 cm³/mol. The van der Waals surface area contributed by atoms with Crippen molar-refractivity contribution in [1.82, 2.24) is 0 Å². The number of carbonyl (C=O) groups is 5. The second kappa shape index (κ2) is 44.1. The second-order valence-electron chi connectivity index (χ2n) is 42.6. The van der Waals surface area contributed by atoms with Crippen LogP contribution in [0.3, 0.4) is 0 Å². The number of aliphatic carboxylic acids is 1. The Hall–Kier alpha value is -4.19. The Bertz CT molecular complexity index is 4100. The SMILES string of the molecule is CC[C@H](C)[C@H](C[C@H](O)CC(=O)O[C@@H]1C(C)O[C@@H](OC(=O)[C@]23CCC(C)(C)CC2C2=CCC4[C@@]5(C)CC[C@H](O[C@@H]6OC(C(=O)O)[C@H](O)[C@H](O[C@@H]7OC[C@@H](O)[C@H](O)C7O)C6O[C@@H]6OC(CO)[C@H](O)[C@H](O)C6O)[C@@](C)(C=O)C5CC[C@@]4(C)[C@]2(C)C[C@H]3O)[C@H](O[C@@H]2OC(C)[C@H](OC3OCC(O)[C@H](OC4OCC(O)[C@H](O)[C@@H]4O)[C@@H]3O)[C@H](O)C2O)C1O)OC(=O)C[C@@H](O)C[C@H](OC1(O)CO[C@@H](CO)C1O)[C@@H](C)CC. The van der Waals surface area contributed by atoms with Crippen LogP contribution in [-0.2, 0) is 109 Å². The van der Waals surface area contributed by atoms with Crippen LogP contribution in [-0.4, -0.2) is 439 Å². The standard InChI is InChI=1S/C92H148O46/c1-13-36(3)47(127-55(102)25-41(97)24-48(37(4)14-2)138-92(120)35-124-50(30-94)76(92)116)23-40(96)26-56(103)130-70-39(6)126-83(74(66(70)113)135-81-65(112)61(108)69(38(5)125-81)131-80-68(115)71(46(100)33-123-80)132-78-62(109)57(104)44(98)31-121-78)137-85(119)91-22-21-86(7,8)27-43(91)42-15-16-52-87(9)19-18-54(88(10,34-95)51(87)17-20-89(52,11)90(42,12)28-53(91)101)129-84-75(136-82-64(111)60(107)59(106)49(29-93)128-82)72(67(114)73(134-84)77(117)118)133-79-63(110)58(105)45(99)32-122-79/h15,34,36-41,43-54,57-76,78-84,93-94,96-101,104-116,120H,13-14,16-33,35H2,1-12H3,(H,117,118)/t36-,37-,38?,39?,40-,41-,43?,44?,45+,46?,47-,48-,49?,50-,51?,52?,53+,54-,57-,58-,59-,60-,61+,62-,63?,64?,65?,66?,67+,68-,69-,70+,71-,72-,73?,74+,75?,76?,78?,79-,80?,81-,82-,83-,84+,87-,88-,89+,90+,91+,92?/m0/s1. The Morgan fingerprint density at radius 1 is 0.500 bits per heavy atom. The lowest BCUT2D eigenvalue weighted by Crippen LogP contribution is -2.69. The first-order valence-electron chi connectivity index (χ1n) is 48.3. The van der Waals surface area contributed by atoms with Crippen LogP contribution in [0.15, 0.2) is 11.6 Å². The monoisotopic (exact) mass is 1990 g/mol. The molecule has 23 N–H and O–H groups in total. The number of aldehydes is 1. The molecule has 0 bridgehead atoms. The van der Waals surface area contributed by atoms with E-state index in [1.54, 1.807) is 27.7 Å². The van der Waals surface area contributed by atoms with Crippen LogP contribution in [0, 0.1) is 62.1 Å². The normalized spacial score (nSPS) is 48.8. The predicted octanol–water partition coefficient (Wildman–Crippen LogP) is -5.69. The van der Waals surface area contributed by atoms with Crippen LogP contribution < -0.4 is 0 Å². The zero-order valence-electron chi connectivity index (χ0n) is 79.7. The summed E-state index contributed by atoms with van der Waals surface area (Å²) in [7, 11) is 0. The van der Waals surface area contributed by atoms with Gasteiger partial charge in [-0.1, -0.05) is 93.7 Å². The number of rotatable bonds is 34. The molecule has 8 heterocycles. The third kappa shape index (κ3) is 21.5. The maximum Gasteiger partial charge on any atom is 0.335 e. The summed E-state index contributed by atoms with van der Waals surface area (Å²) in [6.07, 6.45) is -67.4. The molecule has 13 aliphatic rings. The van der Waals surface area contributed by atoms with E-state index >= 15 is 4.79 Å². The molecule has 0 radical (unpaired) electrons. The lowest BCUT2D eigenvalue weighted by molar-refractivity contribution is -0.391. The minimum Gasteiger partial charge on any atom is -0.479 e. The molecule has 5 aliphatic carbocycles. The van der Waals surface area contributed by atoms with E-state index in [-0.39, 0.29) is 43.9 Å². The van der Waals surface area contributed by atoms with Gasteiger partial charge in [0.1, 0.15) is 159 Å². The van der Waals surface area contributed by atoms with E-state index in [1.807, 2.05) is 20.8 Å². The quantitative estimate of drug-likeness (QED) is 0.00713. The molecule has 0 aromatic carbocycles. The van der Waals surface area contributed by atoms with Crippen LogP contribution in [0.4, 0.5) is 0 Å². The summed E-state index contributed by atoms with van der Waals surface area (Å²) in [5, 5.41) is 257. The van der Waals surface area contributed by atoms with Gasteiger partial charge in [-0.3, -0.25) is 14.4 Å². The molecule has 792 valence electrons. The number of ether oxygens (including phenoxy) is 18. The highest BCUT2D eigenvalue weighted by molar-refractivity contribution is 5.80. The number of carboxylic acids is 1. The molecule has 51 atom stereocenters. The van der Waals surface area contributed by atoms with Gasteiger partial charge >= 0.3 is 23.9 Å². The number of fused-ring (bicyclic) bond motifs is 7. The lowest BCUT2D eigenvalue weighted by Gasteiger charge is -2.71. The molecule has 8 aliphatic heterocycles. The highest BCUT2D eigenvalue weighted by Crippen LogP contribution is 2.76. The van der Waals surface area contributed by atoms with Crippen molar-refractivity contribution in [2.24, 2.45) is 62.1 Å². The maximum absolute atomic E-state index is 16.4. The average molecular weight is 1990 g/mol. The number of carbonyl (C=O) groups excluding carboxylic acids is 4. The van der Waals surface area contributed by atoms with Gasteiger partial charge in [0, 0.05) is 12.8 Å². The Morgan fingerprint density at radius 2 is 1.04 bits per heavy atom. The largest absolute Gasteiger partial charge is 0.479 e. The summed E-state index contributed by atoms with van der Waals surface area (Å²) in [5.41, 5.74) is -5.54. The fourth-order valence-electron chi connectivity index (χ4n) is 24.2. The summed E-state index contributed by atoms with van der Waals surface area (Å²) >= 11 is 0. The van der Waals surface area contributed by atoms with Gasteiger partial charge in [0.2, 0.25) is 12.1 Å². The van der Waals surface area contributed by atoms with E-state index < -0.39 is 378 Å². The first-order valence-corrected chi connectivity index (χ1v) is 48.3. The van der Waals surface area contributed by atoms with Gasteiger partial charge in [0.25, 0.3) is 0 Å². The fourth-order valence-corrected chi connectivity index (χ4v) is 24.2. The second-order valence-corrected chi connectivity index (χ2v) is 42.6. The third-order valence-corrected chi connectivity index (χ3v) is 33.2. The first kappa shape index (κ1) is 111. The van der Waals surface area contributed by atoms with Crippen molar-refractivity contribution in [3.63, 3.8) is 0 Å². The summed E-state index contributed by atoms with van der Waals surface area (Å²) < 4.78 is 108. The van der Waals surface area contributed by atoms with Gasteiger partial charge in [-0.2, -0.15) is 0 Å². The van der Waals surface area contributed by atoms with Crippen LogP contribution in [0.25, 0.3) is 0 Å².